The van der Waals surface area contributed by atoms with E-state index in [1.54, 1.807) is 31.2 Å². The Hall–Kier alpha value is -4.47. The quantitative estimate of drug-likeness (QED) is 0.221. The van der Waals surface area contributed by atoms with Crippen molar-refractivity contribution in [3.8, 4) is 11.5 Å². The van der Waals surface area contributed by atoms with Crippen LogP contribution in [-0.2, 0) is 9.59 Å². The number of carbonyl (C=O) groups is 3. The number of nitrogens with zero attached hydrogens (tertiary/aromatic N) is 2. The number of amides is 4. The standard InChI is InChI=1S/C22H19N3O7/c1-3-11-32-18-10-5-14(13-19(18)31-4-2)12-17-20(26)23-22(28)24(21(17)27)15-6-8-16(9-7-15)25(29)30/h3,5-10,12-13H,1,4,11H2,2H3,(H,23,26,28)/b17-12+. The molecule has 0 aliphatic carbocycles. The van der Waals surface area contributed by atoms with Crippen LogP contribution in [0.5, 0.6) is 11.5 Å². The second-order valence-electron chi connectivity index (χ2n) is 6.47. The van der Waals surface area contributed by atoms with E-state index < -0.39 is 22.8 Å². The molecule has 10 nitrogen and oxygen atoms in total. The van der Waals surface area contributed by atoms with E-state index in [0.29, 0.717) is 23.7 Å². The van der Waals surface area contributed by atoms with Crippen molar-refractivity contribution in [3.05, 3.63) is 76.4 Å². The highest BCUT2D eigenvalue weighted by Gasteiger charge is 2.37. The van der Waals surface area contributed by atoms with Gasteiger partial charge in [0.25, 0.3) is 17.5 Å². The summed E-state index contributed by atoms with van der Waals surface area (Å²) in [4.78, 5) is 48.6. The Labute approximate surface area is 182 Å². The zero-order valence-electron chi connectivity index (χ0n) is 17.1. The lowest BCUT2D eigenvalue weighted by Gasteiger charge is -2.26. The highest BCUT2D eigenvalue weighted by Crippen LogP contribution is 2.30. The second kappa shape index (κ2) is 9.56. The lowest BCUT2D eigenvalue weighted by molar-refractivity contribution is -0.384. The average Bonchev–Trinajstić information content (AvgIpc) is 2.76. The van der Waals surface area contributed by atoms with Gasteiger partial charge in [0.1, 0.15) is 12.2 Å². The number of carbonyl (C=O) groups excluding carboxylic acids is 3. The summed E-state index contributed by atoms with van der Waals surface area (Å²) in [6, 6.07) is 8.73. The van der Waals surface area contributed by atoms with Gasteiger partial charge in [-0.1, -0.05) is 18.7 Å². The molecule has 0 atom stereocenters. The van der Waals surface area contributed by atoms with Gasteiger partial charge in [0.2, 0.25) is 0 Å². The summed E-state index contributed by atoms with van der Waals surface area (Å²) in [5.74, 6) is -0.840. The minimum absolute atomic E-state index is 0.0830. The van der Waals surface area contributed by atoms with Gasteiger partial charge >= 0.3 is 6.03 Å². The summed E-state index contributed by atoms with van der Waals surface area (Å²) in [7, 11) is 0. The number of anilines is 1. The molecule has 0 unspecified atom stereocenters. The molecule has 1 heterocycles. The molecule has 0 radical (unpaired) electrons. The minimum atomic E-state index is -0.950. The normalized spacial score (nSPS) is 14.8. The smallest absolute Gasteiger partial charge is 0.335 e. The number of rotatable bonds is 8. The first-order chi connectivity index (χ1) is 15.3. The summed E-state index contributed by atoms with van der Waals surface area (Å²) < 4.78 is 11.1. The van der Waals surface area contributed by atoms with Crippen molar-refractivity contribution in [1.29, 1.82) is 0 Å². The van der Waals surface area contributed by atoms with Gasteiger partial charge in [0, 0.05) is 12.1 Å². The number of nitrogens with one attached hydrogen (secondary N) is 1. The maximum absolute atomic E-state index is 13.0. The first-order valence-electron chi connectivity index (χ1n) is 9.52. The number of nitro groups is 1. The maximum atomic E-state index is 13.0. The van der Waals surface area contributed by atoms with Crippen molar-refractivity contribution < 1.29 is 28.8 Å². The second-order valence-corrected chi connectivity index (χ2v) is 6.47. The predicted molar refractivity (Wildman–Crippen MR) is 115 cm³/mol. The van der Waals surface area contributed by atoms with Gasteiger partial charge in [0.05, 0.1) is 17.2 Å². The van der Waals surface area contributed by atoms with E-state index in [1.165, 1.54) is 18.2 Å². The van der Waals surface area contributed by atoms with E-state index in [-0.39, 0.29) is 23.6 Å². The Kier molecular flexibility index (Phi) is 6.64. The Morgan fingerprint density at radius 1 is 1.09 bits per heavy atom. The van der Waals surface area contributed by atoms with Crippen molar-refractivity contribution in [1.82, 2.24) is 5.32 Å². The van der Waals surface area contributed by atoms with Crippen LogP contribution in [0, 0.1) is 10.1 Å². The van der Waals surface area contributed by atoms with Crippen LogP contribution in [0.15, 0.2) is 60.7 Å². The van der Waals surface area contributed by atoms with Gasteiger partial charge in [-0.25, -0.2) is 9.69 Å². The zero-order valence-corrected chi connectivity index (χ0v) is 17.1. The predicted octanol–water partition coefficient (Wildman–Crippen LogP) is 3.22. The molecule has 3 rings (SSSR count). The Morgan fingerprint density at radius 2 is 1.81 bits per heavy atom. The molecule has 1 aliphatic heterocycles. The van der Waals surface area contributed by atoms with E-state index in [1.807, 2.05) is 0 Å². The van der Waals surface area contributed by atoms with E-state index >= 15 is 0 Å². The van der Waals surface area contributed by atoms with Crippen molar-refractivity contribution in [2.24, 2.45) is 0 Å². The van der Waals surface area contributed by atoms with Crippen LogP contribution in [0.1, 0.15) is 12.5 Å². The van der Waals surface area contributed by atoms with Gasteiger partial charge in [0.15, 0.2) is 11.5 Å². The topological polar surface area (TPSA) is 128 Å². The van der Waals surface area contributed by atoms with Gasteiger partial charge in [-0.05, 0) is 42.8 Å². The molecule has 1 fully saturated rings. The van der Waals surface area contributed by atoms with Crippen LogP contribution in [0.4, 0.5) is 16.2 Å². The van der Waals surface area contributed by atoms with E-state index in [2.05, 4.69) is 11.9 Å². The summed E-state index contributed by atoms with van der Waals surface area (Å²) >= 11 is 0. The molecule has 0 spiro atoms. The number of nitro benzene ring substituents is 1. The fourth-order valence-electron chi connectivity index (χ4n) is 2.93. The molecule has 2 aromatic carbocycles. The van der Waals surface area contributed by atoms with Crippen LogP contribution in [0.2, 0.25) is 0 Å². The van der Waals surface area contributed by atoms with E-state index in [0.717, 1.165) is 17.0 Å². The molecule has 164 valence electrons. The molecule has 1 aliphatic rings. The molecule has 2 aromatic rings. The van der Waals surface area contributed by atoms with Crippen molar-refractivity contribution in [2.75, 3.05) is 18.1 Å². The molecular formula is C22H19N3O7. The number of imide groups is 2. The largest absolute Gasteiger partial charge is 0.490 e. The highest BCUT2D eigenvalue weighted by molar-refractivity contribution is 6.39. The number of barbiturate groups is 1. The molecule has 0 bridgehead atoms. The minimum Gasteiger partial charge on any atom is -0.490 e. The fourth-order valence-corrected chi connectivity index (χ4v) is 2.93. The van der Waals surface area contributed by atoms with E-state index in [9.17, 15) is 24.5 Å². The maximum Gasteiger partial charge on any atom is 0.335 e. The number of non-ortho nitro benzene ring substituents is 1. The van der Waals surface area contributed by atoms with Gasteiger partial charge in [-0.2, -0.15) is 0 Å². The average molecular weight is 437 g/mol. The molecule has 0 saturated carbocycles. The third kappa shape index (κ3) is 4.64. The lowest BCUT2D eigenvalue weighted by atomic mass is 10.1. The van der Waals surface area contributed by atoms with Gasteiger partial charge in [-0.3, -0.25) is 25.0 Å². The van der Waals surface area contributed by atoms with Crippen molar-refractivity contribution in [2.45, 2.75) is 6.92 Å². The summed E-state index contributed by atoms with van der Waals surface area (Å²) in [6.07, 6.45) is 2.91. The van der Waals surface area contributed by atoms with E-state index in [4.69, 9.17) is 9.47 Å². The molecule has 1 saturated heterocycles. The first-order valence-corrected chi connectivity index (χ1v) is 9.52. The number of benzene rings is 2. The molecular weight excluding hydrogens is 418 g/mol. The number of urea groups is 1. The third-order valence-corrected chi connectivity index (χ3v) is 4.36. The van der Waals surface area contributed by atoms with Crippen molar-refractivity contribution >= 4 is 35.3 Å². The SMILES string of the molecule is C=CCOc1ccc(/C=C2\C(=O)NC(=O)N(c3ccc([N+](=O)[O-])cc3)C2=O)cc1OCC. The third-order valence-electron chi connectivity index (χ3n) is 4.36. The summed E-state index contributed by atoms with van der Waals surface area (Å²) in [6.45, 7) is 6.03. The van der Waals surface area contributed by atoms with Crippen LogP contribution in [0.3, 0.4) is 0 Å². The molecule has 10 heteroatoms. The Bertz CT molecular complexity index is 1120. The Morgan fingerprint density at radius 3 is 2.44 bits per heavy atom. The van der Waals surface area contributed by atoms with Gasteiger partial charge in [-0.15, -0.1) is 0 Å². The van der Waals surface area contributed by atoms with Gasteiger partial charge < -0.3 is 9.47 Å². The highest BCUT2D eigenvalue weighted by atomic mass is 16.6. The lowest BCUT2D eigenvalue weighted by Crippen LogP contribution is -2.54. The Balaban J connectivity index is 1.95. The van der Waals surface area contributed by atoms with Crippen LogP contribution in [-0.4, -0.2) is 36.0 Å². The molecule has 32 heavy (non-hydrogen) atoms. The van der Waals surface area contributed by atoms with Crippen molar-refractivity contribution in [3.63, 3.8) is 0 Å². The summed E-state index contributed by atoms with van der Waals surface area (Å²) in [5, 5.41) is 12.9. The first kappa shape index (κ1) is 22.2. The molecule has 4 amide bonds. The number of hydrogen-bond donors (Lipinski definition) is 1. The number of hydrogen-bond acceptors (Lipinski definition) is 7. The monoisotopic (exact) mass is 437 g/mol. The van der Waals surface area contributed by atoms with Crippen LogP contribution >= 0.6 is 0 Å². The molecule has 1 N–H and O–H groups in total. The fraction of sp³-hybridized carbons (Fsp3) is 0.136. The van der Waals surface area contributed by atoms with Crippen LogP contribution in [0.25, 0.3) is 6.08 Å². The molecule has 0 aromatic heterocycles. The van der Waals surface area contributed by atoms with Crippen LogP contribution < -0.4 is 19.7 Å². The number of ether oxygens (including phenoxy) is 2. The zero-order chi connectivity index (χ0) is 23.3. The summed E-state index contributed by atoms with van der Waals surface area (Å²) in [5.41, 5.74) is 0.0633.